The highest BCUT2D eigenvalue weighted by Crippen LogP contribution is 2.34. The number of anilines is 1. The van der Waals surface area contributed by atoms with Crippen LogP contribution in [0, 0.1) is 11.3 Å². The van der Waals surface area contributed by atoms with E-state index in [1.807, 2.05) is 6.07 Å². The molecule has 0 aliphatic carbocycles. The van der Waals surface area contributed by atoms with Gasteiger partial charge in [0.25, 0.3) is 11.8 Å². The first-order chi connectivity index (χ1) is 15.8. The molecule has 2 heterocycles. The van der Waals surface area contributed by atoms with Gasteiger partial charge in [-0.15, -0.1) is 0 Å². The molecule has 0 aromatic heterocycles. The standard InChI is InChI=1S/C23H21N5O5/c1-23(15-7-5-6-14(10-15)11-24)21(31)28(22(32)26-23)13-19(29)27-12-18(20(30)25-2)33-17-9-4-3-8-16(17)27/h3-10,18H,12-13H2,1-2H3,(H,25,30)(H,26,32). The van der Waals surface area contributed by atoms with Gasteiger partial charge in [0.15, 0.2) is 6.10 Å². The molecule has 0 bridgehead atoms. The van der Waals surface area contributed by atoms with E-state index in [4.69, 9.17) is 10.00 Å². The summed E-state index contributed by atoms with van der Waals surface area (Å²) in [7, 11) is 1.47. The highest BCUT2D eigenvalue weighted by atomic mass is 16.5. The lowest BCUT2D eigenvalue weighted by Crippen LogP contribution is -2.52. The summed E-state index contributed by atoms with van der Waals surface area (Å²) in [5.74, 6) is -1.21. The predicted molar refractivity (Wildman–Crippen MR) is 116 cm³/mol. The zero-order valence-corrected chi connectivity index (χ0v) is 18.0. The van der Waals surface area contributed by atoms with Gasteiger partial charge in [0.1, 0.15) is 17.8 Å². The van der Waals surface area contributed by atoms with Gasteiger partial charge in [-0.25, -0.2) is 4.79 Å². The van der Waals surface area contributed by atoms with E-state index in [0.717, 1.165) is 4.90 Å². The van der Waals surface area contributed by atoms with Crippen LogP contribution in [0.4, 0.5) is 10.5 Å². The molecule has 4 rings (SSSR count). The Hall–Kier alpha value is -4.39. The summed E-state index contributed by atoms with van der Waals surface area (Å²) in [6.45, 7) is 0.938. The number of nitrogens with zero attached hydrogens (tertiary/aromatic N) is 3. The van der Waals surface area contributed by atoms with Gasteiger partial charge in [0.05, 0.1) is 23.9 Å². The van der Waals surface area contributed by atoms with E-state index in [9.17, 15) is 19.2 Å². The van der Waals surface area contributed by atoms with Crippen LogP contribution < -0.4 is 20.3 Å². The summed E-state index contributed by atoms with van der Waals surface area (Å²) in [6, 6.07) is 14.4. The maximum atomic E-state index is 13.2. The molecule has 2 aromatic carbocycles. The minimum Gasteiger partial charge on any atom is -0.477 e. The Balaban J connectivity index is 1.59. The van der Waals surface area contributed by atoms with E-state index in [2.05, 4.69) is 10.6 Å². The fourth-order valence-corrected chi connectivity index (χ4v) is 3.92. The maximum Gasteiger partial charge on any atom is 0.325 e. The smallest absolute Gasteiger partial charge is 0.325 e. The van der Waals surface area contributed by atoms with Crippen molar-refractivity contribution in [3.8, 4) is 11.8 Å². The summed E-state index contributed by atoms with van der Waals surface area (Å²) in [4.78, 5) is 53.5. The number of carbonyl (C=O) groups is 4. The van der Waals surface area contributed by atoms with Crippen LogP contribution in [-0.2, 0) is 19.9 Å². The van der Waals surface area contributed by atoms with Crippen molar-refractivity contribution < 1.29 is 23.9 Å². The molecule has 0 spiro atoms. The fourth-order valence-electron chi connectivity index (χ4n) is 3.92. The molecule has 2 N–H and O–H groups in total. The molecule has 1 fully saturated rings. The summed E-state index contributed by atoms with van der Waals surface area (Å²) in [6.07, 6.45) is -0.934. The summed E-state index contributed by atoms with van der Waals surface area (Å²) in [5, 5.41) is 14.3. The van der Waals surface area contributed by atoms with Crippen molar-refractivity contribution in [3.63, 3.8) is 0 Å². The second-order valence-electron chi connectivity index (χ2n) is 7.83. The number of rotatable bonds is 4. The van der Waals surface area contributed by atoms with Gasteiger partial charge in [0.2, 0.25) is 5.91 Å². The number of ether oxygens (including phenoxy) is 1. The van der Waals surface area contributed by atoms with E-state index >= 15 is 0 Å². The minimum absolute atomic E-state index is 0.0688. The van der Waals surface area contributed by atoms with Gasteiger partial charge in [-0.1, -0.05) is 24.3 Å². The maximum absolute atomic E-state index is 13.2. The molecule has 2 atom stereocenters. The number of para-hydroxylation sites is 2. The third kappa shape index (κ3) is 3.74. The lowest BCUT2D eigenvalue weighted by atomic mass is 9.91. The highest BCUT2D eigenvalue weighted by molar-refractivity contribution is 6.11. The van der Waals surface area contributed by atoms with Gasteiger partial charge in [-0.2, -0.15) is 5.26 Å². The lowest BCUT2D eigenvalue weighted by molar-refractivity contribution is -0.134. The van der Waals surface area contributed by atoms with Crippen molar-refractivity contribution in [2.45, 2.75) is 18.6 Å². The molecule has 2 aliphatic rings. The normalized spacial score (nSPS) is 21.5. The highest BCUT2D eigenvalue weighted by Gasteiger charge is 2.50. The predicted octanol–water partition coefficient (Wildman–Crippen LogP) is 0.865. The third-order valence-corrected chi connectivity index (χ3v) is 5.75. The summed E-state index contributed by atoms with van der Waals surface area (Å²) in [5.41, 5.74) is -0.196. The topological polar surface area (TPSA) is 132 Å². The van der Waals surface area contributed by atoms with E-state index in [0.29, 0.717) is 22.6 Å². The zero-order chi connectivity index (χ0) is 23.8. The van der Waals surface area contributed by atoms with Crippen molar-refractivity contribution in [1.82, 2.24) is 15.5 Å². The number of nitrogens with one attached hydrogen (secondary N) is 2. The van der Waals surface area contributed by atoms with Crippen molar-refractivity contribution in [2.75, 3.05) is 25.0 Å². The number of amides is 5. The number of hydrogen-bond donors (Lipinski definition) is 2. The van der Waals surface area contributed by atoms with Crippen LogP contribution in [0.2, 0.25) is 0 Å². The van der Waals surface area contributed by atoms with Crippen molar-refractivity contribution in [2.24, 2.45) is 0 Å². The molecule has 10 nitrogen and oxygen atoms in total. The monoisotopic (exact) mass is 447 g/mol. The van der Waals surface area contributed by atoms with Gasteiger partial charge >= 0.3 is 6.03 Å². The number of benzene rings is 2. The Kier molecular flexibility index (Phi) is 5.47. The SMILES string of the molecule is CNC(=O)C1CN(C(=O)CN2C(=O)NC(C)(c3cccc(C#N)c3)C2=O)c2ccccc2O1. The number of nitriles is 1. The van der Waals surface area contributed by atoms with Gasteiger partial charge in [-0.05, 0) is 36.8 Å². The number of imide groups is 1. The largest absolute Gasteiger partial charge is 0.477 e. The molecule has 2 unspecified atom stereocenters. The Morgan fingerprint density at radius 2 is 2.00 bits per heavy atom. The van der Waals surface area contributed by atoms with Crippen molar-refractivity contribution in [1.29, 1.82) is 5.26 Å². The molecule has 0 radical (unpaired) electrons. The molecule has 1 saturated heterocycles. The molecular formula is C23H21N5O5. The quantitative estimate of drug-likeness (QED) is 0.669. The first kappa shape index (κ1) is 21.8. The lowest BCUT2D eigenvalue weighted by Gasteiger charge is -2.34. The van der Waals surface area contributed by atoms with E-state index in [-0.39, 0.29) is 6.54 Å². The number of urea groups is 1. The number of fused-ring (bicyclic) bond motifs is 1. The molecule has 2 aromatic rings. The van der Waals surface area contributed by atoms with Gasteiger partial charge in [0, 0.05) is 7.05 Å². The first-order valence-electron chi connectivity index (χ1n) is 10.2. The fraction of sp³-hybridized carbons (Fsp3) is 0.261. The van der Waals surface area contributed by atoms with Crippen LogP contribution in [0.1, 0.15) is 18.1 Å². The van der Waals surface area contributed by atoms with Crippen LogP contribution in [-0.4, -0.2) is 54.9 Å². The number of carbonyl (C=O) groups excluding carboxylic acids is 4. The van der Waals surface area contributed by atoms with Crippen molar-refractivity contribution in [3.05, 3.63) is 59.7 Å². The molecular weight excluding hydrogens is 426 g/mol. The third-order valence-electron chi connectivity index (χ3n) is 5.75. The Bertz CT molecular complexity index is 1210. The molecule has 168 valence electrons. The molecule has 33 heavy (non-hydrogen) atoms. The molecule has 5 amide bonds. The second kappa shape index (κ2) is 8.27. The zero-order valence-electron chi connectivity index (χ0n) is 18.0. The number of hydrogen-bond acceptors (Lipinski definition) is 6. The Labute approximate surface area is 189 Å². The van der Waals surface area contributed by atoms with E-state index in [1.165, 1.54) is 24.9 Å². The van der Waals surface area contributed by atoms with Crippen LogP contribution in [0.25, 0.3) is 0 Å². The average Bonchev–Trinajstić information content (AvgIpc) is 3.06. The Morgan fingerprint density at radius 3 is 2.73 bits per heavy atom. The summed E-state index contributed by atoms with van der Waals surface area (Å²) >= 11 is 0. The van der Waals surface area contributed by atoms with Crippen molar-refractivity contribution >= 4 is 29.4 Å². The van der Waals surface area contributed by atoms with Crippen LogP contribution in [0.3, 0.4) is 0 Å². The van der Waals surface area contributed by atoms with Gasteiger partial charge < -0.3 is 20.3 Å². The molecule has 2 aliphatic heterocycles. The Morgan fingerprint density at radius 1 is 1.24 bits per heavy atom. The second-order valence-corrected chi connectivity index (χ2v) is 7.83. The van der Waals surface area contributed by atoms with E-state index in [1.54, 1.807) is 42.5 Å². The van der Waals surface area contributed by atoms with Gasteiger partial charge in [-0.3, -0.25) is 19.3 Å². The van der Waals surface area contributed by atoms with E-state index < -0.39 is 41.9 Å². The molecule has 0 saturated carbocycles. The van der Waals surface area contributed by atoms with Crippen LogP contribution in [0.15, 0.2) is 48.5 Å². The minimum atomic E-state index is -1.42. The molecule has 10 heteroatoms. The summed E-state index contributed by atoms with van der Waals surface area (Å²) < 4.78 is 5.70. The first-order valence-corrected chi connectivity index (χ1v) is 10.2. The van der Waals surface area contributed by atoms with Crippen LogP contribution in [0.5, 0.6) is 5.75 Å². The average molecular weight is 447 g/mol. The van der Waals surface area contributed by atoms with Crippen LogP contribution >= 0.6 is 0 Å². The number of likely N-dealkylation sites (N-methyl/N-ethyl adjacent to an activating group) is 1.